The summed E-state index contributed by atoms with van der Waals surface area (Å²) in [6.07, 6.45) is 10.1. The van der Waals surface area contributed by atoms with Gasteiger partial charge in [-0.1, -0.05) is 24.3 Å². The highest BCUT2D eigenvalue weighted by Gasteiger charge is 2.31. The van der Waals surface area contributed by atoms with E-state index >= 15 is 0 Å². The van der Waals surface area contributed by atoms with Gasteiger partial charge < -0.3 is 15.1 Å². The molecule has 1 aliphatic heterocycles. The number of aliphatic carboxylic acids is 1. The van der Waals surface area contributed by atoms with E-state index in [0.29, 0.717) is 6.42 Å². The van der Waals surface area contributed by atoms with Gasteiger partial charge in [-0.2, -0.15) is 11.8 Å². The summed E-state index contributed by atoms with van der Waals surface area (Å²) in [5.41, 5.74) is 2.10. The molecule has 6 heteroatoms. The third-order valence-electron chi connectivity index (χ3n) is 4.97. The number of carbonyl (C=O) groups is 1. The molecule has 3 atom stereocenters. The second-order valence-electron chi connectivity index (χ2n) is 6.95. The lowest BCUT2D eigenvalue weighted by molar-refractivity contribution is -0.137. The van der Waals surface area contributed by atoms with Gasteiger partial charge in [0.25, 0.3) is 0 Å². The molecule has 3 unspecified atom stereocenters. The number of halogens is 1. The Morgan fingerprint density at radius 1 is 1.37 bits per heavy atom. The van der Waals surface area contributed by atoms with Crippen LogP contribution in [0.4, 0.5) is 5.69 Å². The van der Waals surface area contributed by atoms with Gasteiger partial charge in [-0.25, -0.2) is 0 Å². The van der Waals surface area contributed by atoms with Gasteiger partial charge in [-0.3, -0.25) is 4.79 Å². The molecule has 0 aliphatic carbocycles. The van der Waals surface area contributed by atoms with Crippen LogP contribution in [0.5, 0.6) is 0 Å². The van der Waals surface area contributed by atoms with Crippen molar-refractivity contribution in [3.8, 4) is 0 Å². The Hall–Kier alpha value is -1.17. The number of aliphatic hydroxyl groups is 1. The number of anilines is 1. The maximum absolute atomic E-state index is 10.5. The number of hydrogen-bond donors (Lipinski definition) is 2. The van der Waals surface area contributed by atoms with Crippen LogP contribution in [0, 0.1) is 0 Å². The Morgan fingerprint density at radius 3 is 2.78 bits per heavy atom. The van der Waals surface area contributed by atoms with Crippen molar-refractivity contribution in [2.24, 2.45) is 0 Å². The van der Waals surface area contributed by atoms with Gasteiger partial charge in [-0.05, 0) is 61.8 Å². The molecule has 0 amide bonds. The lowest BCUT2D eigenvalue weighted by Crippen LogP contribution is -2.32. The van der Waals surface area contributed by atoms with Gasteiger partial charge in [0.15, 0.2) is 0 Å². The first-order valence-corrected chi connectivity index (χ1v) is 11.4. The first-order chi connectivity index (χ1) is 13.0. The van der Waals surface area contributed by atoms with Crippen molar-refractivity contribution in [2.45, 2.75) is 56.0 Å². The Morgan fingerprint density at radius 2 is 2.11 bits per heavy atom. The summed E-state index contributed by atoms with van der Waals surface area (Å²) in [6, 6.07) is 8.43. The van der Waals surface area contributed by atoms with Crippen LogP contribution in [-0.2, 0) is 4.79 Å². The summed E-state index contributed by atoms with van der Waals surface area (Å²) >= 11 is 8.29. The Bertz CT molecular complexity index is 608. The molecule has 1 aromatic rings. The SMILES string of the molecule is CSCCC(O)c1ccc(N2CCC(Cl)C2CC=CCCCC(=O)O)cc1. The van der Waals surface area contributed by atoms with E-state index in [9.17, 15) is 9.90 Å². The highest BCUT2D eigenvalue weighted by molar-refractivity contribution is 7.98. The number of alkyl halides is 1. The van der Waals surface area contributed by atoms with E-state index in [4.69, 9.17) is 16.7 Å². The molecule has 0 bridgehead atoms. The third kappa shape index (κ3) is 7.05. The van der Waals surface area contributed by atoms with Gasteiger partial charge in [0.05, 0.1) is 11.5 Å². The zero-order valence-electron chi connectivity index (χ0n) is 15.9. The summed E-state index contributed by atoms with van der Waals surface area (Å²) in [5, 5.41) is 19.0. The van der Waals surface area contributed by atoms with Crippen LogP contribution in [-0.4, -0.2) is 46.2 Å². The van der Waals surface area contributed by atoms with Crippen molar-refractivity contribution in [1.29, 1.82) is 0 Å². The summed E-state index contributed by atoms with van der Waals surface area (Å²) in [5.74, 6) is 0.206. The minimum Gasteiger partial charge on any atom is -0.481 e. The second-order valence-corrected chi connectivity index (χ2v) is 8.49. The Balaban J connectivity index is 1.91. The van der Waals surface area contributed by atoms with Crippen molar-refractivity contribution < 1.29 is 15.0 Å². The molecular weight excluding hydrogens is 382 g/mol. The molecular formula is C21H30ClNO3S. The van der Waals surface area contributed by atoms with E-state index in [2.05, 4.69) is 29.2 Å². The lowest BCUT2D eigenvalue weighted by atomic mass is 10.1. The first-order valence-electron chi connectivity index (χ1n) is 9.57. The van der Waals surface area contributed by atoms with E-state index in [1.807, 2.05) is 18.4 Å². The minimum atomic E-state index is -0.742. The largest absolute Gasteiger partial charge is 0.481 e. The maximum atomic E-state index is 10.5. The standard InChI is InChI=1S/C21H30ClNO3S/c1-27-15-13-20(24)16-8-10-17(11-9-16)23-14-12-18(22)19(23)6-4-2-3-5-7-21(25)26/h2,4,8-11,18-20,24H,3,5-7,12-15H2,1H3,(H,25,26). The van der Waals surface area contributed by atoms with E-state index in [-0.39, 0.29) is 17.8 Å². The van der Waals surface area contributed by atoms with Crippen LogP contribution in [0.25, 0.3) is 0 Å². The normalized spacial score (nSPS) is 21.1. The van der Waals surface area contributed by atoms with Crippen LogP contribution in [0.15, 0.2) is 36.4 Å². The third-order valence-corrected chi connectivity index (χ3v) is 6.13. The van der Waals surface area contributed by atoms with Crippen molar-refractivity contribution in [1.82, 2.24) is 0 Å². The molecule has 0 saturated carbocycles. The predicted octanol–water partition coefficient (Wildman–Crippen LogP) is 4.86. The van der Waals surface area contributed by atoms with E-state index in [1.54, 1.807) is 11.8 Å². The van der Waals surface area contributed by atoms with Crippen molar-refractivity contribution >= 4 is 35.0 Å². The van der Waals surface area contributed by atoms with Crippen LogP contribution < -0.4 is 4.90 Å². The van der Waals surface area contributed by atoms with E-state index in [1.165, 1.54) is 0 Å². The maximum Gasteiger partial charge on any atom is 0.303 e. The Kier molecular flexibility index (Phi) is 9.52. The van der Waals surface area contributed by atoms with Crippen LogP contribution in [0.3, 0.4) is 0 Å². The monoisotopic (exact) mass is 411 g/mol. The topological polar surface area (TPSA) is 60.8 Å². The van der Waals surface area contributed by atoms with Gasteiger partial charge in [-0.15, -0.1) is 11.6 Å². The quantitative estimate of drug-likeness (QED) is 0.309. The van der Waals surface area contributed by atoms with E-state index in [0.717, 1.165) is 49.2 Å². The molecule has 0 radical (unpaired) electrons. The number of unbranched alkanes of at least 4 members (excludes halogenated alkanes) is 1. The molecule has 1 saturated heterocycles. The fourth-order valence-electron chi connectivity index (χ4n) is 3.42. The van der Waals surface area contributed by atoms with Gasteiger partial charge >= 0.3 is 5.97 Å². The first kappa shape index (κ1) is 22.1. The summed E-state index contributed by atoms with van der Waals surface area (Å²) in [7, 11) is 0. The smallest absolute Gasteiger partial charge is 0.303 e. The Labute approximate surface area is 171 Å². The number of nitrogens with zero attached hydrogens (tertiary/aromatic N) is 1. The number of thioether (sulfide) groups is 1. The average Bonchev–Trinajstić information content (AvgIpc) is 3.03. The van der Waals surface area contributed by atoms with Crippen molar-refractivity contribution in [3.05, 3.63) is 42.0 Å². The number of hydrogen-bond acceptors (Lipinski definition) is 4. The molecule has 27 heavy (non-hydrogen) atoms. The highest BCUT2D eigenvalue weighted by atomic mass is 35.5. The minimum absolute atomic E-state index is 0.112. The molecule has 1 heterocycles. The number of carboxylic acid groups (broad SMARTS) is 1. The molecule has 1 aliphatic rings. The molecule has 2 N–H and O–H groups in total. The molecule has 1 fully saturated rings. The average molecular weight is 412 g/mol. The summed E-state index contributed by atoms with van der Waals surface area (Å²) in [4.78, 5) is 12.9. The number of aliphatic hydroxyl groups excluding tert-OH is 1. The van der Waals surface area contributed by atoms with Crippen LogP contribution >= 0.6 is 23.4 Å². The summed E-state index contributed by atoms with van der Waals surface area (Å²) in [6.45, 7) is 0.931. The molecule has 150 valence electrons. The predicted molar refractivity (Wildman–Crippen MR) is 115 cm³/mol. The number of allylic oxidation sites excluding steroid dienone is 1. The number of rotatable bonds is 11. The fourth-order valence-corrected chi connectivity index (χ4v) is 4.22. The molecule has 1 aromatic carbocycles. The molecule has 0 aromatic heterocycles. The summed E-state index contributed by atoms with van der Waals surface area (Å²) < 4.78 is 0. The van der Waals surface area contributed by atoms with Crippen molar-refractivity contribution in [2.75, 3.05) is 23.5 Å². The lowest BCUT2D eigenvalue weighted by Gasteiger charge is -2.28. The molecule has 0 spiro atoms. The van der Waals surface area contributed by atoms with Gasteiger partial charge in [0.2, 0.25) is 0 Å². The van der Waals surface area contributed by atoms with Crippen LogP contribution in [0.1, 0.15) is 50.2 Å². The van der Waals surface area contributed by atoms with Gasteiger partial charge in [0, 0.05) is 24.7 Å². The van der Waals surface area contributed by atoms with Crippen molar-refractivity contribution in [3.63, 3.8) is 0 Å². The highest BCUT2D eigenvalue weighted by Crippen LogP contribution is 2.32. The second kappa shape index (κ2) is 11.6. The molecule has 2 rings (SSSR count). The van der Waals surface area contributed by atoms with Crippen LogP contribution in [0.2, 0.25) is 0 Å². The van der Waals surface area contributed by atoms with Gasteiger partial charge in [0.1, 0.15) is 0 Å². The van der Waals surface area contributed by atoms with E-state index < -0.39 is 12.1 Å². The number of benzene rings is 1. The zero-order chi connectivity index (χ0) is 19.6. The molecule has 4 nitrogen and oxygen atoms in total. The fraction of sp³-hybridized carbons (Fsp3) is 0.571. The number of carboxylic acids is 1. The zero-order valence-corrected chi connectivity index (χ0v) is 17.5.